The second-order valence-electron chi connectivity index (χ2n) is 7.92. The predicted octanol–water partition coefficient (Wildman–Crippen LogP) is 2.78. The lowest BCUT2D eigenvalue weighted by atomic mass is 10.1. The summed E-state index contributed by atoms with van der Waals surface area (Å²) in [5.41, 5.74) is 2.48. The fourth-order valence-corrected chi connectivity index (χ4v) is 4.18. The zero-order valence-corrected chi connectivity index (χ0v) is 19.7. The van der Waals surface area contributed by atoms with E-state index in [4.69, 9.17) is 14.6 Å². The molecule has 1 amide bonds. The van der Waals surface area contributed by atoms with Gasteiger partial charge in [-0.3, -0.25) is 4.79 Å². The Bertz CT molecular complexity index is 1300. The first-order valence-electron chi connectivity index (χ1n) is 10.9. The number of benzene rings is 3. The largest absolute Gasteiger partial charge is 0.457 e. The Hall–Kier alpha value is -3.73. The average molecular weight is 496 g/mol. The highest BCUT2D eigenvalue weighted by Gasteiger charge is 2.23. The third-order valence-corrected chi connectivity index (χ3v) is 6.40. The number of anilines is 2. The van der Waals surface area contributed by atoms with E-state index >= 15 is 0 Å². The summed E-state index contributed by atoms with van der Waals surface area (Å²) < 4.78 is 34.5. The maximum atomic E-state index is 13.0. The summed E-state index contributed by atoms with van der Waals surface area (Å²) >= 11 is 0. The highest BCUT2D eigenvalue weighted by molar-refractivity contribution is 7.89. The van der Waals surface area contributed by atoms with Crippen molar-refractivity contribution < 1.29 is 27.5 Å². The van der Waals surface area contributed by atoms with Crippen LogP contribution in [-0.2, 0) is 26.1 Å². The molecule has 4 rings (SSSR count). The van der Waals surface area contributed by atoms with E-state index in [1.54, 1.807) is 42.5 Å². The second kappa shape index (κ2) is 10.7. The average Bonchev–Trinajstić information content (AvgIpc) is 2.88. The summed E-state index contributed by atoms with van der Waals surface area (Å²) in [6, 6.07) is 19.9. The zero-order valence-electron chi connectivity index (χ0n) is 18.8. The van der Waals surface area contributed by atoms with Crippen molar-refractivity contribution in [3.63, 3.8) is 0 Å². The molecule has 0 bridgehead atoms. The van der Waals surface area contributed by atoms with Crippen LogP contribution in [0.4, 0.5) is 11.4 Å². The highest BCUT2D eigenvalue weighted by Crippen LogP contribution is 2.26. The number of carbonyl (C=O) groups is 2. The SMILES string of the molecule is NS(=O)(=O)c1ccc(N2CCOCC2)c(C(=O)OCc2ccc(C(=O)Nc3ccccc3)cc2)c1. The molecule has 0 saturated carbocycles. The Labute approximate surface area is 203 Å². The lowest BCUT2D eigenvalue weighted by molar-refractivity contribution is 0.0472. The minimum absolute atomic E-state index is 0.0540. The normalized spacial score (nSPS) is 13.8. The molecule has 3 N–H and O–H groups in total. The van der Waals surface area contributed by atoms with Crippen molar-refractivity contribution in [1.82, 2.24) is 0 Å². The van der Waals surface area contributed by atoms with Crippen LogP contribution in [0.2, 0.25) is 0 Å². The van der Waals surface area contributed by atoms with Gasteiger partial charge in [-0.2, -0.15) is 0 Å². The molecule has 1 aliphatic rings. The number of sulfonamides is 1. The third kappa shape index (κ3) is 6.24. The molecule has 1 aliphatic heterocycles. The van der Waals surface area contributed by atoms with Crippen LogP contribution in [0.25, 0.3) is 0 Å². The summed E-state index contributed by atoms with van der Waals surface area (Å²) in [5.74, 6) is -0.933. The second-order valence-corrected chi connectivity index (χ2v) is 9.48. The van der Waals surface area contributed by atoms with Crippen molar-refractivity contribution >= 4 is 33.3 Å². The highest BCUT2D eigenvalue weighted by atomic mass is 32.2. The minimum atomic E-state index is -4.00. The number of hydrogen-bond donors (Lipinski definition) is 2. The first-order chi connectivity index (χ1) is 16.8. The maximum absolute atomic E-state index is 13.0. The van der Waals surface area contributed by atoms with Gasteiger partial charge in [-0.15, -0.1) is 0 Å². The van der Waals surface area contributed by atoms with Crippen LogP contribution in [0.1, 0.15) is 26.3 Å². The van der Waals surface area contributed by atoms with E-state index in [2.05, 4.69) is 5.32 Å². The van der Waals surface area contributed by atoms with E-state index in [1.165, 1.54) is 12.1 Å². The van der Waals surface area contributed by atoms with E-state index in [0.29, 0.717) is 48.8 Å². The van der Waals surface area contributed by atoms with Crippen LogP contribution in [0.5, 0.6) is 0 Å². The van der Waals surface area contributed by atoms with Crippen LogP contribution in [0, 0.1) is 0 Å². The van der Waals surface area contributed by atoms with Crippen molar-refractivity contribution in [3.8, 4) is 0 Å². The van der Waals surface area contributed by atoms with E-state index in [1.807, 2.05) is 23.1 Å². The van der Waals surface area contributed by atoms with Gasteiger partial charge in [-0.1, -0.05) is 30.3 Å². The van der Waals surface area contributed by atoms with Gasteiger partial charge in [0, 0.05) is 24.3 Å². The first-order valence-corrected chi connectivity index (χ1v) is 12.5. The molecule has 0 radical (unpaired) electrons. The molecule has 35 heavy (non-hydrogen) atoms. The molecule has 3 aromatic carbocycles. The number of nitrogens with zero attached hydrogens (tertiary/aromatic N) is 1. The van der Waals surface area contributed by atoms with E-state index < -0.39 is 16.0 Å². The van der Waals surface area contributed by atoms with E-state index in [9.17, 15) is 18.0 Å². The Balaban J connectivity index is 1.46. The monoisotopic (exact) mass is 495 g/mol. The number of carbonyl (C=O) groups excluding carboxylic acids is 2. The molecule has 0 spiro atoms. The summed E-state index contributed by atoms with van der Waals surface area (Å²) in [6.45, 7) is 2.05. The standard InChI is InChI=1S/C25H25N3O6S/c26-35(31,32)21-10-11-23(28-12-14-33-15-13-28)22(16-21)25(30)34-17-18-6-8-19(9-7-18)24(29)27-20-4-2-1-3-5-20/h1-11,16H,12-15,17H2,(H,27,29)(H2,26,31,32). The summed E-state index contributed by atoms with van der Waals surface area (Å²) in [5, 5.41) is 8.07. The Kier molecular flexibility index (Phi) is 7.45. The number of rotatable bonds is 7. The Morgan fingerprint density at radius 1 is 0.971 bits per heavy atom. The number of hydrogen-bond acceptors (Lipinski definition) is 7. The molecule has 9 nitrogen and oxygen atoms in total. The molecule has 1 heterocycles. The molecule has 182 valence electrons. The fraction of sp³-hybridized carbons (Fsp3) is 0.200. The van der Waals surface area contributed by atoms with Crippen LogP contribution >= 0.6 is 0 Å². The number of morpholine rings is 1. The van der Waals surface area contributed by atoms with Gasteiger partial charge in [0.2, 0.25) is 10.0 Å². The number of nitrogens with two attached hydrogens (primary N) is 1. The number of primary sulfonamides is 1. The molecular formula is C25H25N3O6S. The van der Waals surface area contributed by atoms with Gasteiger partial charge in [-0.05, 0) is 48.0 Å². The molecule has 0 aromatic heterocycles. The van der Waals surface area contributed by atoms with Crippen LogP contribution in [0.15, 0.2) is 77.7 Å². The molecule has 0 unspecified atom stereocenters. The van der Waals surface area contributed by atoms with E-state index in [-0.39, 0.29) is 23.0 Å². The predicted molar refractivity (Wildman–Crippen MR) is 131 cm³/mol. The Morgan fingerprint density at radius 2 is 1.66 bits per heavy atom. The van der Waals surface area contributed by atoms with Gasteiger partial charge >= 0.3 is 5.97 Å². The Morgan fingerprint density at radius 3 is 2.31 bits per heavy atom. The lowest BCUT2D eigenvalue weighted by Crippen LogP contribution is -2.37. The number of esters is 1. The topological polar surface area (TPSA) is 128 Å². The number of amides is 1. The quantitative estimate of drug-likeness (QED) is 0.482. The van der Waals surface area contributed by atoms with Crippen molar-refractivity contribution in [1.29, 1.82) is 0 Å². The number of ether oxygens (including phenoxy) is 2. The smallest absolute Gasteiger partial charge is 0.340 e. The molecule has 0 aliphatic carbocycles. The first kappa shape index (κ1) is 24.4. The molecular weight excluding hydrogens is 470 g/mol. The summed E-state index contributed by atoms with van der Waals surface area (Å²) in [7, 11) is -4.00. The van der Waals surface area contributed by atoms with Crippen molar-refractivity contribution in [2.45, 2.75) is 11.5 Å². The number of nitrogens with one attached hydrogen (secondary N) is 1. The van der Waals surface area contributed by atoms with Crippen molar-refractivity contribution in [3.05, 3.63) is 89.5 Å². The van der Waals surface area contributed by atoms with Gasteiger partial charge in [0.25, 0.3) is 5.91 Å². The molecule has 10 heteroatoms. The van der Waals surface area contributed by atoms with Crippen LogP contribution < -0.4 is 15.4 Å². The van der Waals surface area contributed by atoms with Crippen molar-refractivity contribution in [2.24, 2.45) is 5.14 Å². The van der Waals surface area contributed by atoms with E-state index in [0.717, 1.165) is 0 Å². The summed E-state index contributed by atoms with van der Waals surface area (Å²) in [4.78, 5) is 27.1. The van der Waals surface area contributed by atoms with Gasteiger partial charge in [0.05, 0.1) is 29.4 Å². The lowest BCUT2D eigenvalue weighted by Gasteiger charge is -2.30. The van der Waals surface area contributed by atoms with Crippen LogP contribution in [0.3, 0.4) is 0 Å². The van der Waals surface area contributed by atoms with Crippen LogP contribution in [-0.4, -0.2) is 46.6 Å². The van der Waals surface area contributed by atoms with Gasteiger partial charge in [0.15, 0.2) is 0 Å². The van der Waals surface area contributed by atoms with Gasteiger partial charge in [0.1, 0.15) is 6.61 Å². The summed E-state index contributed by atoms with van der Waals surface area (Å²) in [6.07, 6.45) is 0. The fourth-order valence-electron chi connectivity index (χ4n) is 3.64. The molecule has 0 atom stereocenters. The van der Waals surface area contributed by atoms with Gasteiger partial charge in [-0.25, -0.2) is 18.4 Å². The van der Waals surface area contributed by atoms with Crippen molar-refractivity contribution in [2.75, 3.05) is 36.5 Å². The number of para-hydroxylation sites is 1. The molecule has 1 fully saturated rings. The minimum Gasteiger partial charge on any atom is -0.457 e. The molecule has 1 saturated heterocycles. The maximum Gasteiger partial charge on any atom is 0.340 e. The zero-order chi connectivity index (χ0) is 24.8. The third-order valence-electron chi connectivity index (χ3n) is 5.49. The molecule has 3 aromatic rings. The van der Waals surface area contributed by atoms with Gasteiger partial charge < -0.3 is 19.7 Å².